The van der Waals surface area contributed by atoms with Crippen molar-refractivity contribution >= 4 is 11.9 Å². The van der Waals surface area contributed by atoms with Gasteiger partial charge in [-0.3, -0.25) is 9.59 Å². The highest BCUT2D eigenvalue weighted by Gasteiger charge is 2.26. The lowest BCUT2D eigenvalue weighted by Gasteiger charge is -2.33. The summed E-state index contributed by atoms with van der Waals surface area (Å²) in [5, 5.41) is 6.03. The van der Waals surface area contributed by atoms with Crippen LogP contribution in [0, 0.1) is 0 Å². The van der Waals surface area contributed by atoms with Gasteiger partial charge in [-0.1, -0.05) is 13.8 Å². The van der Waals surface area contributed by atoms with Crippen LogP contribution in [0.4, 0.5) is 0 Å². The van der Waals surface area contributed by atoms with Crippen molar-refractivity contribution in [2.45, 2.75) is 104 Å². The minimum atomic E-state index is -0.275. The molecule has 0 aromatic rings. The molecule has 0 aromatic heterocycles. The zero-order chi connectivity index (χ0) is 23.0. The number of rotatable bonds is 18. The van der Waals surface area contributed by atoms with Gasteiger partial charge in [0.15, 0.2) is 0 Å². The van der Waals surface area contributed by atoms with Crippen LogP contribution in [-0.2, 0) is 23.8 Å². The summed E-state index contributed by atoms with van der Waals surface area (Å²) in [6, 6.07) is 0. The average Bonchev–Trinajstić information content (AvgIpc) is 2.69. The summed E-state index contributed by atoms with van der Waals surface area (Å²) in [6.07, 6.45) is 4.59. The monoisotopic (exact) mass is 430 g/mol. The van der Waals surface area contributed by atoms with E-state index in [-0.39, 0.29) is 35.6 Å². The van der Waals surface area contributed by atoms with Crippen LogP contribution in [0.2, 0.25) is 0 Å². The van der Waals surface area contributed by atoms with Gasteiger partial charge >= 0.3 is 5.97 Å². The second-order valence-electron chi connectivity index (χ2n) is 8.65. The molecule has 2 atom stereocenters. The van der Waals surface area contributed by atoms with Gasteiger partial charge in [0.2, 0.25) is 5.91 Å². The number of ether oxygens (including phenoxy) is 3. The number of amides is 1. The summed E-state index contributed by atoms with van der Waals surface area (Å²) in [7, 11) is 1.96. The zero-order valence-corrected chi connectivity index (χ0v) is 20.4. The van der Waals surface area contributed by atoms with Gasteiger partial charge < -0.3 is 24.8 Å². The van der Waals surface area contributed by atoms with Gasteiger partial charge in [0.1, 0.15) is 0 Å². The maximum atomic E-state index is 11.9. The van der Waals surface area contributed by atoms with E-state index in [0.717, 1.165) is 32.2 Å². The predicted octanol–water partition coefficient (Wildman–Crippen LogP) is 3.59. The molecule has 178 valence electrons. The third-order valence-corrected chi connectivity index (χ3v) is 5.51. The van der Waals surface area contributed by atoms with E-state index in [1.807, 2.05) is 20.9 Å². The van der Waals surface area contributed by atoms with Gasteiger partial charge in [-0.2, -0.15) is 0 Å². The second kappa shape index (κ2) is 15.6. The molecule has 0 saturated carbocycles. The molecule has 0 aliphatic heterocycles. The maximum absolute atomic E-state index is 11.9. The quantitative estimate of drug-likeness (QED) is 0.255. The van der Waals surface area contributed by atoms with Gasteiger partial charge in [0, 0.05) is 19.4 Å². The van der Waals surface area contributed by atoms with E-state index in [2.05, 4.69) is 38.3 Å². The SMILES string of the molecule is CCC(C)(CCNC)OCCC(C)(CC)OCCNC(=O)CCCC(=O)OC(C)C. The lowest BCUT2D eigenvalue weighted by Crippen LogP contribution is -2.37. The fourth-order valence-electron chi connectivity index (χ4n) is 2.90. The number of esters is 1. The Morgan fingerprint density at radius 3 is 2.07 bits per heavy atom. The molecule has 7 nitrogen and oxygen atoms in total. The average molecular weight is 431 g/mol. The van der Waals surface area contributed by atoms with Crippen molar-refractivity contribution in [1.29, 1.82) is 0 Å². The molecule has 0 saturated heterocycles. The molecule has 0 fully saturated rings. The summed E-state index contributed by atoms with van der Waals surface area (Å²) >= 11 is 0. The molecule has 0 spiro atoms. The van der Waals surface area contributed by atoms with Gasteiger partial charge in [-0.15, -0.1) is 0 Å². The van der Waals surface area contributed by atoms with E-state index in [4.69, 9.17) is 14.2 Å². The molecule has 0 rings (SSSR count). The number of carbonyl (C=O) groups excluding carboxylic acids is 2. The van der Waals surface area contributed by atoms with Crippen LogP contribution in [0.25, 0.3) is 0 Å². The highest BCUT2D eigenvalue weighted by molar-refractivity contribution is 5.77. The number of carbonyl (C=O) groups is 2. The topological polar surface area (TPSA) is 85.9 Å². The van der Waals surface area contributed by atoms with Crippen molar-refractivity contribution in [3.8, 4) is 0 Å². The third kappa shape index (κ3) is 13.9. The summed E-state index contributed by atoms with van der Waals surface area (Å²) < 4.78 is 17.3. The molecule has 0 heterocycles. The fraction of sp³-hybridized carbons (Fsp3) is 0.913. The fourth-order valence-corrected chi connectivity index (χ4v) is 2.90. The molecule has 0 radical (unpaired) electrons. The van der Waals surface area contributed by atoms with E-state index in [0.29, 0.717) is 32.6 Å². The first kappa shape index (κ1) is 28.8. The number of nitrogens with one attached hydrogen (secondary N) is 2. The third-order valence-electron chi connectivity index (χ3n) is 5.51. The van der Waals surface area contributed by atoms with Crippen molar-refractivity contribution in [3.63, 3.8) is 0 Å². The van der Waals surface area contributed by atoms with Crippen LogP contribution < -0.4 is 10.6 Å². The Hall–Kier alpha value is -1.18. The van der Waals surface area contributed by atoms with Crippen molar-refractivity contribution in [1.82, 2.24) is 10.6 Å². The summed E-state index contributed by atoms with van der Waals surface area (Å²) in [6.45, 7) is 14.6. The zero-order valence-electron chi connectivity index (χ0n) is 20.4. The van der Waals surface area contributed by atoms with Crippen LogP contribution in [0.5, 0.6) is 0 Å². The Morgan fingerprint density at radius 1 is 0.900 bits per heavy atom. The van der Waals surface area contributed by atoms with Gasteiger partial charge in [0.05, 0.1) is 30.5 Å². The predicted molar refractivity (Wildman–Crippen MR) is 121 cm³/mol. The van der Waals surface area contributed by atoms with E-state index in [1.165, 1.54) is 0 Å². The molecule has 7 heteroatoms. The smallest absolute Gasteiger partial charge is 0.306 e. The minimum absolute atomic E-state index is 0.0688. The molecule has 30 heavy (non-hydrogen) atoms. The van der Waals surface area contributed by atoms with Crippen LogP contribution in [0.3, 0.4) is 0 Å². The highest BCUT2D eigenvalue weighted by Crippen LogP contribution is 2.24. The first-order valence-corrected chi connectivity index (χ1v) is 11.5. The van der Waals surface area contributed by atoms with E-state index in [9.17, 15) is 9.59 Å². The second-order valence-corrected chi connectivity index (χ2v) is 8.65. The molecule has 2 unspecified atom stereocenters. The van der Waals surface area contributed by atoms with Crippen molar-refractivity contribution in [3.05, 3.63) is 0 Å². The van der Waals surface area contributed by atoms with Gasteiger partial charge in [-0.25, -0.2) is 0 Å². The summed E-state index contributed by atoms with van der Waals surface area (Å²) in [5.74, 6) is -0.326. The van der Waals surface area contributed by atoms with Gasteiger partial charge in [0.25, 0.3) is 0 Å². The summed E-state index contributed by atoms with van der Waals surface area (Å²) in [5.41, 5.74) is -0.393. The van der Waals surface area contributed by atoms with Crippen molar-refractivity contribution in [2.75, 3.05) is 33.4 Å². The van der Waals surface area contributed by atoms with E-state index < -0.39 is 0 Å². The van der Waals surface area contributed by atoms with Gasteiger partial charge in [-0.05, 0) is 73.4 Å². The molecule has 0 bridgehead atoms. The standard InChI is InChI=1S/C23H46N2O5/c1-8-22(5,13-15-24-7)28-17-14-23(6,9-2)29-18-16-25-20(26)11-10-12-21(27)30-19(3)4/h19,24H,8-18H2,1-7H3,(H,25,26). The lowest BCUT2D eigenvalue weighted by molar-refractivity contribution is -0.147. The normalized spacial score (nSPS) is 15.5. The van der Waals surface area contributed by atoms with Crippen LogP contribution >= 0.6 is 0 Å². The molecule has 0 aliphatic rings. The maximum Gasteiger partial charge on any atom is 0.306 e. The highest BCUT2D eigenvalue weighted by atomic mass is 16.5. The molecule has 0 aromatic carbocycles. The Morgan fingerprint density at radius 2 is 1.50 bits per heavy atom. The van der Waals surface area contributed by atoms with Crippen LogP contribution in [-0.4, -0.2) is 62.5 Å². The van der Waals surface area contributed by atoms with Crippen molar-refractivity contribution < 1.29 is 23.8 Å². The Balaban J connectivity index is 4.09. The first-order chi connectivity index (χ1) is 14.1. The van der Waals surface area contributed by atoms with E-state index >= 15 is 0 Å². The minimum Gasteiger partial charge on any atom is -0.463 e. The number of hydrogen-bond donors (Lipinski definition) is 2. The molecular weight excluding hydrogens is 384 g/mol. The Kier molecular flexibility index (Phi) is 15.0. The van der Waals surface area contributed by atoms with Crippen molar-refractivity contribution in [2.24, 2.45) is 0 Å². The van der Waals surface area contributed by atoms with Crippen LogP contribution in [0.15, 0.2) is 0 Å². The molecular formula is C23H46N2O5. The Labute approximate surface area is 184 Å². The first-order valence-electron chi connectivity index (χ1n) is 11.5. The molecule has 1 amide bonds. The lowest BCUT2D eigenvalue weighted by atomic mass is 9.97. The number of hydrogen-bond acceptors (Lipinski definition) is 6. The van der Waals surface area contributed by atoms with Crippen LogP contribution in [0.1, 0.15) is 86.5 Å². The molecule has 0 aliphatic carbocycles. The van der Waals surface area contributed by atoms with E-state index in [1.54, 1.807) is 0 Å². The molecule has 2 N–H and O–H groups in total. The Bertz CT molecular complexity index is 486. The summed E-state index contributed by atoms with van der Waals surface area (Å²) in [4.78, 5) is 23.4. The largest absolute Gasteiger partial charge is 0.463 e.